The molecule has 0 aromatic rings. The average Bonchev–Trinajstić information content (AvgIpc) is 1.83. The summed E-state index contributed by atoms with van der Waals surface area (Å²) < 4.78 is 5.64. The zero-order chi connectivity index (χ0) is 9.62. The fourth-order valence-corrected chi connectivity index (χ4v) is 1.51. The van der Waals surface area contributed by atoms with Crippen molar-refractivity contribution in [3.63, 3.8) is 0 Å². The summed E-state index contributed by atoms with van der Waals surface area (Å²) in [5.41, 5.74) is 0.286. The number of hydrogen-bond acceptors (Lipinski definition) is 1. The topological polar surface area (TPSA) is 9.23 Å². The van der Waals surface area contributed by atoms with Gasteiger partial charge in [0, 0.05) is 5.41 Å². The van der Waals surface area contributed by atoms with E-state index in [1.807, 2.05) is 6.26 Å². The van der Waals surface area contributed by atoms with Crippen molar-refractivity contribution in [2.45, 2.75) is 47.1 Å². The van der Waals surface area contributed by atoms with E-state index in [0.29, 0.717) is 0 Å². The van der Waals surface area contributed by atoms with Crippen molar-refractivity contribution >= 4 is 24.0 Å². The van der Waals surface area contributed by atoms with E-state index in [4.69, 9.17) is 4.74 Å². The van der Waals surface area contributed by atoms with Gasteiger partial charge in [-0.1, -0.05) is 27.7 Å². The van der Waals surface area contributed by atoms with Gasteiger partial charge in [0.15, 0.2) is 0 Å². The molecule has 1 aliphatic rings. The Morgan fingerprint density at radius 3 is 1.69 bits per heavy atom. The number of hydrogen-bond donors (Lipinski definition) is 0. The van der Waals surface area contributed by atoms with Gasteiger partial charge in [-0.15, -0.1) is 24.0 Å². The molecule has 0 radical (unpaired) electrons. The van der Waals surface area contributed by atoms with Crippen LogP contribution in [0.3, 0.4) is 0 Å². The summed E-state index contributed by atoms with van der Waals surface area (Å²) in [6.45, 7) is 13.3. The van der Waals surface area contributed by atoms with Gasteiger partial charge in [0.2, 0.25) is 0 Å². The molecule has 1 nitrogen and oxygen atoms in total. The zero-order valence-electron chi connectivity index (χ0n) is 9.47. The molecule has 2 heteroatoms. The van der Waals surface area contributed by atoms with Crippen molar-refractivity contribution in [1.82, 2.24) is 0 Å². The lowest BCUT2D eigenvalue weighted by atomic mass is 9.59. The third-order valence-electron chi connectivity index (χ3n) is 3.96. The van der Waals surface area contributed by atoms with Crippen LogP contribution in [-0.4, -0.2) is 5.60 Å². The minimum Gasteiger partial charge on any atom is -0.495 e. The molecule has 0 unspecified atom stereocenters. The first-order valence-corrected chi connectivity index (χ1v) is 4.56. The van der Waals surface area contributed by atoms with E-state index in [1.54, 1.807) is 0 Å². The van der Waals surface area contributed by atoms with Crippen LogP contribution in [0.5, 0.6) is 0 Å². The Hall–Kier alpha value is 0.270. The minimum absolute atomic E-state index is 0. The van der Waals surface area contributed by atoms with E-state index in [1.165, 1.54) is 0 Å². The van der Waals surface area contributed by atoms with Crippen LogP contribution in [0.4, 0.5) is 0 Å². The summed E-state index contributed by atoms with van der Waals surface area (Å²) in [4.78, 5) is 0. The molecule has 0 fully saturated rings. The fourth-order valence-electron chi connectivity index (χ4n) is 1.51. The zero-order valence-corrected chi connectivity index (χ0v) is 11.8. The largest absolute Gasteiger partial charge is 0.495 e. The Balaban J connectivity index is 0.00000144. The number of ether oxygens (including phenoxy) is 1. The molecule has 0 spiro atoms. The molecule has 0 N–H and O–H groups in total. The Morgan fingerprint density at radius 1 is 0.923 bits per heavy atom. The lowest BCUT2D eigenvalue weighted by Crippen LogP contribution is -2.51. The monoisotopic (exact) mass is 296 g/mol. The maximum atomic E-state index is 5.64. The quantitative estimate of drug-likeness (QED) is 0.614. The molecule has 1 heterocycles. The highest BCUT2D eigenvalue weighted by Crippen LogP contribution is 2.51. The van der Waals surface area contributed by atoms with Gasteiger partial charge in [-0.3, -0.25) is 0 Å². The molecule has 0 saturated heterocycles. The van der Waals surface area contributed by atoms with Crippen LogP contribution >= 0.6 is 24.0 Å². The molecule has 0 aromatic carbocycles. The highest BCUT2D eigenvalue weighted by Gasteiger charge is 2.50. The standard InChI is InChI=1S/C11H20O.HI/c1-9(2)7-8-12-11(5,6)10(9,3)4;/h7-8H,1-6H3;1H. The second kappa shape index (κ2) is 3.44. The van der Waals surface area contributed by atoms with Gasteiger partial charge >= 0.3 is 0 Å². The number of halogens is 1. The van der Waals surface area contributed by atoms with Gasteiger partial charge in [0.05, 0.1) is 6.26 Å². The Bertz CT molecular complexity index is 214. The summed E-state index contributed by atoms with van der Waals surface area (Å²) in [5, 5.41) is 0. The molecule has 0 saturated carbocycles. The molecule has 0 aromatic heterocycles. The summed E-state index contributed by atoms with van der Waals surface area (Å²) in [7, 11) is 0. The van der Waals surface area contributed by atoms with Crippen LogP contribution in [0.2, 0.25) is 0 Å². The van der Waals surface area contributed by atoms with Gasteiger partial charge in [-0.05, 0) is 25.3 Å². The molecule has 78 valence electrons. The first-order chi connectivity index (χ1) is 5.21. The lowest BCUT2D eigenvalue weighted by Gasteiger charge is -2.52. The molecule has 0 amide bonds. The SMILES string of the molecule is CC1(C)C=COC(C)(C)C1(C)C.I. The van der Waals surface area contributed by atoms with Crippen LogP contribution in [0.25, 0.3) is 0 Å². The molecule has 1 rings (SSSR count). The van der Waals surface area contributed by atoms with E-state index in [2.05, 4.69) is 47.6 Å². The van der Waals surface area contributed by atoms with Crippen molar-refractivity contribution in [2.75, 3.05) is 0 Å². The third kappa shape index (κ3) is 1.88. The van der Waals surface area contributed by atoms with Crippen LogP contribution in [0.1, 0.15) is 41.5 Å². The third-order valence-corrected chi connectivity index (χ3v) is 3.96. The predicted octanol–water partition coefficient (Wildman–Crippen LogP) is 3.98. The summed E-state index contributed by atoms with van der Waals surface area (Å²) in [5.74, 6) is 0. The maximum absolute atomic E-state index is 5.64. The molecular weight excluding hydrogens is 275 g/mol. The molecule has 0 atom stereocenters. The second-order valence-electron chi connectivity index (χ2n) is 5.28. The second-order valence-corrected chi connectivity index (χ2v) is 5.28. The highest BCUT2D eigenvalue weighted by molar-refractivity contribution is 14.0. The lowest BCUT2D eigenvalue weighted by molar-refractivity contribution is -0.111. The molecule has 13 heavy (non-hydrogen) atoms. The smallest absolute Gasteiger partial charge is 0.108 e. The Morgan fingerprint density at radius 2 is 1.38 bits per heavy atom. The highest BCUT2D eigenvalue weighted by atomic mass is 127. The molecule has 1 aliphatic heterocycles. The number of allylic oxidation sites excluding steroid dienone is 1. The van der Waals surface area contributed by atoms with E-state index in [0.717, 1.165) is 0 Å². The van der Waals surface area contributed by atoms with E-state index >= 15 is 0 Å². The van der Waals surface area contributed by atoms with Gasteiger partial charge in [0.25, 0.3) is 0 Å². The first-order valence-electron chi connectivity index (χ1n) is 4.56. The normalized spacial score (nSPS) is 27.2. The van der Waals surface area contributed by atoms with Gasteiger partial charge < -0.3 is 4.74 Å². The molecule has 0 aliphatic carbocycles. The van der Waals surface area contributed by atoms with Crippen molar-refractivity contribution < 1.29 is 4.74 Å². The summed E-state index contributed by atoms with van der Waals surface area (Å²) in [6, 6.07) is 0. The van der Waals surface area contributed by atoms with Crippen molar-refractivity contribution in [3.8, 4) is 0 Å². The van der Waals surface area contributed by atoms with Gasteiger partial charge in [-0.2, -0.15) is 0 Å². The summed E-state index contributed by atoms with van der Waals surface area (Å²) in [6.07, 6.45) is 3.99. The summed E-state index contributed by atoms with van der Waals surface area (Å²) >= 11 is 0. The molecule has 0 bridgehead atoms. The number of rotatable bonds is 0. The fraction of sp³-hybridized carbons (Fsp3) is 0.818. The predicted molar refractivity (Wildman–Crippen MR) is 67.3 cm³/mol. The van der Waals surface area contributed by atoms with Gasteiger partial charge in [0.1, 0.15) is 5.60 Å². The van der Waals surface area contributed by atoms with Crippen LogP contribution in [0, 0.1) is 10.8 Å². The Kier molecular flexibility index (Phi) is 3.52. The van der Waals surface area contributed by atoms with Crippen molar-refractivity contribution in [3.05, 3.63) is 12.3 Å². The minimum atomic E-state index is -0.0781. The van der Waals surface area contributed by atoms with E-state index in [-0.39, 0.29) is 40.4 Å². The first kappa shape index (κ1) is 13.3. The van der Waals surface area contributed by atoms with Crippen LogP contribution in [-0.2, 0) is 4.74 Å². The maximum Gasteiger partial charge on any atom is 0.108 e. The van der Waals surface area contributed by atoms with Crippen LogP contribution in [0.15, 0.2) is 12.3 Å². The molecular formula is C11H21IO. The van der Waals surface area contributed by atoms with E-state index < -0.39 is 0 Å². The average molecular weight is 296 g/mol. The van der Waals surface area contributed by atoms with E-state index in [9.17, 15) is 0 Å². The van der Waals surface area contributed by atoms with Crippen molar-refractivity contribution in [1.29, 1.82) is 0 Å². The van der Waals surface area contributed by atoms with Crippen LogP contribution < -0.4 is 0 Å². The van der Waals surface area contributed by atoms with Gasteiger partial charge in [-0.25, -0.2) is 0 Å². The van der Waals surface area contributed by atoms with Crippen molar-refractivity contribution in [2.24, 2.45) is 10.8 Å². The Labute approximate surface area is 99.0 Å².